The largest absolute Gasteiger partial charge is 0.390 e. The Kier molecular flexibility index (Phi) is 16.4. The SMILES string of the molecule is CC(C)=CCC/C(C)=C/CC/C(C)=C/CC[C@H](O)[C@@](C)(O)CC/C=C(\C)CCC=C(C)C. The monoisotopic (exact) mass is 444 g/mol. The first-order chi connectivity index (χ1) is 14.9. The average molecular weight is 445 g/mol. The molecule has 0 aromatic carbocycles. The summed E-state index contributed by atoms with van der Waals surface area (Å²) in [7, 11) is 0. The van der Waals surface area contributed by atoms with Crippen molar-refractivity contribution < 1.29 is 10.2 Å². The third-order valence-corrected chi connectivity index (χ3v) is 6.01. The van der Waals surface area contributed by atoms with Gasteiger partial charge in [0.2, 0.25) is 0 Å². The Morgan fingerprint density at radius 2 is 1.00 bits per heavy atom. The molecule has 2 nitrogen and oxygen atoms in total. The van der Waals surface area contributed by atoms with Crippen molar-refractivity contribution in [3.63, 3.8) is 0 Å². The predicted molar refractivity (Wildman–Crippen MR) is 143 cm³/mol. The molecule has 184 valence electrons. The zero-order valence-corrected chi connectivity index (χ0v) is 22.4. The van der Waals surface area contributed by atoms with E-state index in [2.05, 4.69) is 78.8 Å². The molecule has 0 aliphatic carbocycles. The van der Waals surface area contributed by atoms with Crippen LogP contribution in [0.2, 0.25) is 0 Å². The van der Waals surface area contributed by atoms with E-state index in [0.29, 0.717) is 12.8 Å². The van der Waals surface area contributed by atoms with Gasteiger partial charge >= 0.3 is 0 Å². The molecule has 0 unspecified atom stereocenters. The maximum absolute atomic E-state index is 10.7. The van der Waals surface area contributed by atoms with Crippen LogP contribution < -0.4 is 0 Å². The van der Waals surface area contributed by atoms with E-state index in [-0.39, 0.29) is 0 Å². The minimum absolute atomic E-state index is 0.591. The second-order valence-electron chi connectivity index (χ2n) is 10.3. The van der Waals surface area contributed by atoms with Gasteiger partial charge in [0.1, 0.15) is 0 Å². The molecule has 0 saturated carbocycles. The van der Waals surface area contributed by atoms with Crippen LogP contribution in [0, 0.1) is 0 Å². The van der Waals surface area contributed by atoms with Crippen LogP contribution in [-0.2, 0) is 0 Å². The zero-order chi connectivity index (χ0) is 24.6. The Bertz CT molecular complexity index is 663. The Morgan fingerprint density at radius 3 is 1.44 bits per heavy atom. The fraction of sp³-hybridized carbons (Fsp3) is 0.667. The lowest BCUT2D eigenvalue weighted by molar-refractivity contribution is -0.0689. The molecular weight excluding hydrogens is 392 g/mol. The van der Waals surface area contributed by atoms with Crippen molar-refractivity contribution in [1.82, 2.24) is 0 Å². The first-order valence-electron chi connectivity index (χ1n) is 12.6. The molecule has 0 saturated heterocycles. The summed E-state index contributed by atoms with van der Waals surface area (Å²) in [5.41, 5.74) is 5.88. The van der Waals surface area contributed by atoms with Crippen molar-refractivity contribution in [2.75, 3.05) is 0 Å². The normalized spacial score (nSPS) is 15.9. The van der Waals surface area contributed by atoms with Gasteiger partial charge in [-0.3, -0.25) is 0 Å². The zero-order valence-electron chi connectivity index (χ0n) is 22.4. The van der Waals surface area contributed by atoms with Gasteiger partial charge in [0.25, 0.3) is 0 Å². The maximum Gasteiger partial charge on any atom is 0.0880 e. The fourth-order valence-corrected chi connectivity index (χ4v) is 3.61. The standard InChI is InChI=1S/C30H52O2/c1-24(2)14-9-16-26(5)18-11-19-27(6)20-12-22-29(31)30(8,32)23-13-21-28(7)17-10-15-25(3)4/h14-15,18,20-21,29,31-32H,9-13,16-17,19,22-23H2,1-8H3/b26-18+,27-20+,28-21+/t29-,30-/m0/s1. The van der Waals surface area contributed by atoms with Crippen LogP contribution in [0.3, 0.4) is 0 Å². The third-order valence-electron chi connectivity index (χ3n) is 6.01. The Labute approximate surface area is 199 Å². The van der Waals surface area contributed by atoms with Crippen molar-refractivity contribution in [2.24, 2.45) is 0 Å². The number of aliphatic hydroxyl groups excluding tert-OH is 1. The van der Waals surface area contributed by atoms with E-state index in [4.69, 9.17) is 0 Å². The highest BCUT2D eigenvalue weighted by molar-refractivity contribution is 5.06. The van der Waals surface area contributed by atoms with Gasteiger partial charge in [-0.1, -0.05) is 58.2 Å². The van der Waals surface area contributed by atoms with E-state index >= 15 is 0 Å². The quantitative estimate of drug-likeness (QED) is 0.233. The van der Waals surface area contributed by atoms with Crippen LogP contribution in [0.15, 0.2) is 58.2 Å². The fourth-order valence-electron chi connectivity index (χ4n) is 3.61. The number of rotatable bonds is 16. The predicted octanol–water partition coefficient (Wildman–Crippen LogP) is 8.77. The molecule has 0 fully saturated rings. The van der Waals surface area contributed by atoms with Gasteiger partial charge in [-0.25, -0.2) is 0 Å². The maximum atomic E-state index is 10.7. The van der Waals surface area contributed by atoms with E-state index in [1.807, 2.05) is 0 Å². The highest BCUT2D eigenvalue weighted by Crippen LogP contribution is 2.22. The van der Waals surface area contributed by atoms with Crippen LogP contribution in [0.25, 0.3) is 0 Å². The number of hydrogen-bond donors (Lipinski definition) is 2. The molecular formula is C30H52O2. The van der Waals surface area contributed by atoms with Crippen molar-refractivity contribution in [3.8, 4) is 0 Å². The number of allylic oxidation sites excluding steroid dienone is 10. The number of aliphatic hydroxyl groups is 2. The second kappa shape index (κ2) is 17.1. The van der Waals surface area contributed by atoms with E-state index in [1.54, 1.807) is 6.92 Å². The van der Waals surface area contributed by atoms with Gasteiger partial charge in [-0.15, -0.1) is 0 Å². The molecule has 32 heavy (non-hydrogen) atoms. The summed E-state index contributed by atoms with van der Waals surface area (Å²) in [5, 5.41) is 21.2. The molecule has 0 aliphatic rings. The minimum Gasteiger partial charge on any atom is -0.390 e. The molecule has 0 radical (unpaired) electrons. The molecule has 0 rings (SSSR count). The Morgan fingerprint density at radius 1 is 0.625 bits per heavy atom. The van der Waals surface area contributed by atoms with Gasteiger partial charge in [0, 0.05) is 0 Å². The number of hydrogen-bond acceptors (Lipinski definition) is 2. The first kappa shape index (κ1) is 30.6. The van der Waals surface area contributed by atoms with Crippen LogP contribution in [-0.4, -0.2) is 21.9 Å². The summed E-state index contributed by atoms with van der Waals surface area (Å²) in [5.74, 6) is 0. The highest BCUT2D eigenvalue weighted by Gasteiger charge is 2.28. The van der Waals surface area contributed by atoms with Gasteiger partial charge in [0.05, 0.1) is 11.7 Å². The van der Waals surface area contributed by atoms with E-state index < -0.39 is 11.7 Å². The van der Waals surface area contributed by atoms with Crippen molar-refractivity contribution in [2.45, 2.75) is 131 Å². The van der Waals surface area contributed by atoms with Gasteiger partial charge in [0.15, 0.2) is 0 Å². The summed E-state index contributed by atoms with van der Waals surface area (Å²) in [4.78, 5) is 0. The van der Waals surface area contributed by atoms with Gasteiger partial charge in [-0.05, 0) is 120 Å². The van der Waals surface area contributed by atoms with Crippen molar-refractivity contribution in [3.05, 3.63) is 58.2 Å². The summed E-state index contributed by atoms with van der Waals surface area (Å²) < 4.78 is 0. The second-order valence-corrected chi connectivity index (χ2v) is 10.3. The lowest BCUT2D eigenvalue weighted by atomic mass is 9.89. The molecule has 0 aliphatic heterocycles. The molecule has 0 aromatic rings. The molecule has 0 aromatic heterocycles. The molecule has 2 atom stereocenters. The van der Waals surface area contributed by atoms with Crippen LogP contribution >= 0.6 is 0 Å². The summed E-state index contributed by atoms with van der Waals surface area (Å²) in [6, 6.07) is 0. The van der Waals surface area contributed by atoms with Crippen LogP contribution in [0.5, 0.6) is 0 Å². The Hall–Kier alpha value is -1.38. The molecule has 0 spiro atoms. The third kappa shape index (κ3) is 17.2. The smallest absolute Gasteiger partial charge is 0.0880 e. The average Bonchev–Trinajstić information content (AvgIpc) is 2.67. The van der Waals surface area contributed by atoms with Gasteiger partial charge in [-0.2, -0.15) is 0 Å². The van der Waals surface area contributed by atoms with Crippen LogP contribution in [0.4, 0.5) is 0 Å². The molecule has 0 amide bonds. The lowest BCUT2D eigenvalue weighted by Crippen LogP contribution is -2.39. The first-order valence-corrected chi connectivity index (χ1v) is 12.6. The summed E-state index contributed by atoms with van der Waals surface area (Å²) >= 11 is 0. The van der Waals surface area contributed by atoms with Gasteiger partial charge < -0.3 is 10.2 Å². The lowest BCUT2D eigenvalue weighted by Gasteiger charge is -2.28. The molecule has 2 N–H and O–H groups in total. The molecule has 0 heterocycles. The summed E-state index contributed by atoms with van der Waals surface area (Å²) in [6.07, 6.45) is 20.0. The molecule has 2 heteroatoms. The topological polar surface area (TPSA) is 40.5 Å². The minimum atomic E-state index is -1.04. The Balaban J connectivity index is 4.29. The van der Waals surface area contributed by atoms with Crippen molar-refractivity contribution in [1.29, 1.82) is 0 Å². The van der Waals surface area contributed by atoms with E-state index in [0.717, 1.165) is 51.4 Å². The van der Waals surface area contributed by atoms with E-state index in [1.165, 1.54) is 27.9 Å². The van der Waals surface area contributed by atoms with Crippen molar-refractivity contribution >= 4 is 0 Å². The van der Waals surface area contributed by atoms with Crippen LogP contribution in [0.1, 0.15) is 120 Å². The summed E-state index contributed by atoms with van der Waals surface area (Å²) in [6.45, 7) is 16.9. The van der Waals surface area contributed by atoms with E-state index in [9.17, 15) is 10.2 Å². The molecule has 0 bridgehead atoms. The highest BCUT2D eigenvalue weighted by atomic mass is 16.3.